The Labute approximate surface area is 201 Å². The Bertz CT molecular complexity index is 1310. The van der Waals surface area contributed by atoms with Gasteiger partial charge in [-0.05, 0) is 43.2 Å². The summed E-state index contributed by atoms with van der Waals surface area (Å²) in [5, 5.41) is 13.8. The molecule has 0 spiro atoms. The van der Waals surface area contributed by atoms with Gasteiger partial charge in [0.1, 0.15) is 17.1 Å². The first-order valence-electron chi connectivity index (χ1n) is 11.5. The van der Waals surface area contributed by atoms with Crippen LogP contribution in [0.25, 0.3) is 22.1 Å². The molecule has 35 heavy (non-hydrogen) atoms. The molecule has 2 heterocycles. The SMILES string of the molecule is CCC[C@@H](NC(=O)COc1ccc2c(=O)c(-c3ccc4c(c3)OCCCO4)c(C)oc2c1)C(=O)[O-]. The number of ether oxygens (including phenoxy) is 3. The van der Waals surface area contributed by atoms with Crippen LogP contribution in [-0.2, 0) is 9.59 Å². The summed E-state index contributed by atoms with van der Waals surface area (Å²) in [4.78, 5) is 36.5. The minimum absolute atomic E-state index is 0.209. The van der Waals surface area contributed by atoms with Crippen molar-refractivity contribution in [2.45, 2.75) is 39.2 Å². The van der Waals surface area contributed by atoms with E-state index in [-0.39, 0.29) is 11.8 Å². The third kappa shape index (κ3) is 5.40. The molecule has 0 bridgehead atoms. The van der Waals surface area contributed by atoms with E-state index in [0.717, 1.165) is 6.42 Å². The molecule has 2 aromatic carbocycles. The standard InChI is InChI=1S/C26H27NO8/c1-3-5-19(26(30)31)27-23(28)14-34-17-7-8-18-21(13-17)35-15(2)24(25(18)29)16-6-9-20-22(12-16)33-11-4-10-32-20/h6-9,12-13,19H,3-5,10-11,14H2,1-2H3,(H,27,28)(H,30,31)/p-1/t19-/m1/s1. The number of benzene rings is 2. The highest BCUT2D eigenvalue weighted by Gasteiger charge is 2.18. The van der Waals surface area contributed by atoms with Gasteiger partial charge in [-0.25, -0.2) is 0 Å². The highest BCUT2D eigenvalue weighted by atomic mass is 16.5. The van der Waals surface area contributed by atoms with E-state index in [1.165, 1.54) is 6.07 Å². The molecule has 3 aromatic rings. The highest BCUT2D eigenvalue weighted by Crippen LogP contribution is 2.35. The van der Waals surface area contributed by atoms with E-state index in [9.17, 15) is 19.5 Å². The maximum absolute atomic E-state index is 13.3. The van der Waals surface area contributed by atoms with Crippen LogP contribution >= 0.6 is 0 Å². The van der Waals surface area contributed by atoms with Crippen molar-refractivity contribution in [3.63, 3.8) is 0 Å². The lowest BCUT2D eigenvalue weighted by Gasteiger charge is -2.19. The molecule has 1 aromatic heterocycles. The second kappa shape index (κ2) is 10.5. The molecule has 0 unspecified atom stereocenters. The monoisotopic (exact) mass is 480 g/mol. The number of hydrogen-bond acceptors (Lipinski definition) is 8. The maximum Gasteiger partial charge on any atom is 0.258 e. The van der Waals surface area contributed by atoms with Crippen molar-refractivity contribution in [2.24, 2.45) is 0 Å². The summed E-state index contributed by atoms with van der Waals surface area (Å²) < 4.78 is 22.8. The molecule has 1 aliphatic rings. The minimum Gasteiger partial charge on any atom is -0.548 e. The van der Waals surface area contributed by atoms with Crippen LogP contribution in [-0.4, -0.2) is 37.7 Å². The zero-order valence-corrected chi connectivity index (χ0v) is 19.6. The van der Waals surface area contributed by atoms with Crippen molar-refractivity contribution >= 4 is 22.8 Å². The van der Waals surface area contributed by atoms with Gasteiger partial charge in [-0.15, -0.1) is 0 Å². The second-order valence-electron chi connectivity index (χ2n) is 8.25. The first-order chi connectivity index (χ1) is 16.9. The molecule has 1 atom stereocenters. The van der Waals surface area contributed by atoms with E-state index >= 15 is 0 Å². The number of carbonyl (C=O) groups excluding carboxylic acids is 2. The molecule has 1 aliphatic heterocycles. The van der Waals surface area contributed by atoms with Gasteiger partial charge in [0.05, 0.1) is 36.2 Å². The van der Waals surface area contributed by atoms with E-state index in [4.69, 9.17) is 18.6 Å². The second-order valence-corrected chi connectivity index (χ2v) is 8.25. The zero-order valence-electron chi connectivity index (χ0n) is 19.6. The molecule has 0 saturated carbocycles. The van der Waals surface area contributed by atoms with Crippen LogP contribution in [0, 0.1) is 6.92 Å². The lowest BCUT2D eigenvalue weighted by molar-refractivity contribution is -0.308. The Morgan fingerprint density at radius 3 is 2.63 bits per heavy atom. The predicted octanol–water partition coefficient (Wildman–Crippen LogP) is 2.34. The first-order valence-corrected chi connectivity index (χ1v) is 11.5. The van der Waals surface area contributed by atoms with Crippen LogP contribution < -0.4 is 30.1 Å². The predicted molar refractivity (Wildman–Crippen MR) is 126 cm³/mol. The third-order valence-electron chi connectivity index (χ3n) is 5.64. The maximum atomic E-state index is 13.3. The van der Waals surface area contributed by atoms with Gasteiger partial charge in [0.25, 0.3) is 5.91 Å². The number of aliphatic carboxylic acids is 1. The van der Waals surface area contributed by atoms with Crippen molar-refractivity contribution in [1.82, 2.24) is 5.32 Å². The summed E-state index contributed by atoms with van der Waals surface area (Å²) in [6.45, 7) is 4.23. The number of nitrogens with one attached hydrogen (secondary N) is 1. The van der Waals surface area contributed by atoms with Gasteiger partial charge in [-0.2, -0.15) is 0 Å². The third-order valence-corrected chi connectivity index (χ3v) is 5.64. The number of carboxylic acid groups (broad SMARTS) is 1. The summed E-state index contributed by atoms with van der Waals surface area (Å²) >= 11 is 0. The lowest BCUT2D eigenvalue weighted by atomic mass is 10.0. The molecule has 1 N–H and O–H groups in total. The summed E-state index contributed by atoms with van der Waals surface area (Å²) in [5.41, 5.74) is 1.18. The molecule has 0 radical (unpaired) electrons. The van der Waals surface area contributed by atoms with Gasteiger partial charge >= 0.3 is 0 Å². The van der Waals surface area contributed by atoms with Crippen molar-refractivity contribution < 1.29 is 33.3 Å². The van der Waals surface area contributed by atoms with E-state index in [0.29, 0.717) is 64.7 Å². The number of hydrogen-bond donors (Lipinski definition) is 1. The van der Waals surface area contributed by atoms with E-state index in [1.54, 1.807) is 37.3 Å². The largest absolute Gasteiger partial charge is 0.548 e. The topological polar surface area (TPSA) is 127 Å². The smallest absolute Gasteiger partial charge is 0.258 e. The fraction of sp³-hybridized carbons (Fsp3) is 0.346. The number of amides is 1. The molecule has 0 aliphatic carbocycles. The molecule has 0 saturated heterocycles. The van der Waals surface area contributed by atoms with Gasteiger partial charge < -0.3 is 33.8 Å². The summed E-state index contributed by atoms with van der Waals surface area (Å²) in [5.74, 6) is 0.0197. The first kappa shape index (κ1) is 24.1. The molecule has 1 amide bonds. The quantitative estimate of drug-likeness (QED) is 0.521. The van der Waals surface area contributed by atoms with Gasteiger partial charge in [-0.1, -0.05) is 19.4 Å². The normalized spacial score (nSPS) is 13.7. The van der Waals surface area contributed by atoms with Crippen LogP contribution in [0.1, 0.15) is 31.9 Å². The van der Waals surface area contributed by atoms with Gasteiger partial charge in [0.2, 0.25) is 5.43 Å². The van der Waals surface area contributed by atoms with Crippen LogP contribution in [0.5, 0.6) is 17.2 Å². The van der Waals surface area contributed by atoms with E-state index < -0.39 is 24.5 Å². The van der Waals surface area contributed by atoms with Gasteiger partial charge in [0.15, 0.2) is 18.1 Å². The zero-order chi connectivity index (χ0) is 24.9. The number of carboxylic acids is 1. The molecule has 9 nitrogen and oxygen atoms in total. The Hall–Kier alpha value is -4.01. The molecular weight excluding hydrogens is 454 g/mol. The Morgan fingerprint density at radius 2 is 1.89 bits per heavy atom. The average Bonchev–Trinajstić information content (AvgIpc) is 3.07. The molecular formula is C26H26NO8-. The summed E-state index contributed by atoms with van der Waals surface area (Å²) in [7, 11) is 0. The Morgan fingerprint density at radius 1 is 1.11 bits per heavy atom. The number of rotatable bonds is 8. The summed E-state index contributed by atoms with van der Waals surface area (Å²) in [6, 6.07) is 8.94. The van der Waals surface area contributed by atoms with Crippen molar-refractivity contribution in [2.75, 3.05) is 19.8 Å². The van der Waals surface area contributed by atoms with Crippen LogP contribution in [0.4, 0.5) is 0 Å². The minimum atomic E-state index is -1.34. The van der Waals surface area contributed by atoms with E-state index in [1.807, 2.05) is 6.92 Å². The highest BCUT2D eigenvalue weighted by molar-refractivity contribution is 5.85. The molecule has 4 rings (SSSR count). The van der Waals surface area contributed by atoms with Gasteiger partial charge in [0, 0.05) is 12.5 Å². The van der Waals surface area contributed by atoms with E-state index in [2.05, 4.69) is 5.32 Å². The number of aryl methyl sites for hydroxylation is 1. The van der Waals surface area contributed by atoms with Crippen molar-refractivity contribution in [3.8, 4) is 28.4 Å². The van der Waals surface area contributed by atoms with Crippen molar-refractivity contribution in [1.29, 1.82) is 0 Å². The summed E-state index contributed by atoms with van der Waals surface area (Å²) in [6.07, 6.45) is 1.63. The Kier molecular flexibility index (Phi) is 7.24. The Balaban J connectivity index is 1.55. The molecule has 184 valence electrons. The molecule has 9 heteroatoms. The number of fused-ring (bicyclic) bond motifs is 2. The van der Waals surface area contributed by atoms with Gasteiger partial charge in [-0.3, -0.25) is 9.59 Å². The van der Waals surface area contributed by atoms with Crippen molar-refractivity contribution in [3.05, 3.63) is 52.4 Å². The fourth-order valence-electron chi connectivity index (χ4n) is 3.95. The van der Waals surface area contributed by atoms with Crippen LogP contribution in [0.3, 0.4) is 0 Å². The lowest BCUT2D eigenvalue weighted by Crippen LogP contribution is -2.49. The molecule has 0 fully saturated rings. The van der Waals surface area contributed by atoms with Crippen LogP contribution in [0.15, 0.2) is 45.6 Å². The average molecular weight is 480 g/mol. The fourth-order valence-corrected chi connectivity index (χ4v) is 3.95. The van der Waals surface area contributed by atoms with Crippen LogP contribution in [0.2, 0.25) is 0 Å². The number of carbonyl (C=O) groups is 2.